The van der Waals surface area contributed by atoms with Gasteiger partial charge in [-0.15, -0.1) is 29.3 Å². The molecule has 10 aromatic rings. The van der Waals surface area contributed by atoms with Gasteiger partial charge in [-0.1, -0.05) is 245 Å². The molecule has 1 saturated carbocycles. The van der Waals surface area contributed by atoms with Gasteiger partial charge < -0.3 is 5.11 Å². The van der Waals surface area contributed by atoms with Gasteiger partial charge in [-0.3, -0.25) is 9.55 Å². The van der Waals surface area contributed by atoms with Crippen LogP contribution < -0.4 is 0 Å². The fourth-order valence-electron chi connectivity index (χ4n) is 11.6. The van der Waals surface area contributed by atoms with Gasteiger partial charge in [0.2, 0.25) is 0 Å². The first-order chi connectivity index (χ1) is 38.1. The number of benzene rings is 8. The van der Waals surface area contributed by atoms with Crippen LogP contribution >= 0.6 is 0 Å². The van der Waals surface area contributed by atoms with Crippen LogP contribution in [0.1, 0.15) is 137 Å². The van der Waals surface area contributed by atoms with Crippen LogP contribution in [0.3, 0.4) is 0 Å². The van der Waals surface area contributed by atoms with E-state index in [1.807, 2.05) is 30.5 Å². The average molecular weight is 1220 g/mol. The zero-order valence-corrected chi connectivity index (χ0v) is 49.8. The second kappa shape index (κ2) is 21.8. The third-order valence-electron chi connectivity index (χ3n) is 16.3. The summed E-state index contributed by atoms with van der Waals surface area (Å²) in [5.41, 5.74) is 16.9. The topological polar surface area (TPSA) is 50.9 Å². The van der Waals surface area contributed by atoms with E-state index in [1.54, 1.807) is 0 Å². The first kappa shape index (κ1) is 52.6. The predicted octanol–water partition coefficient (Wildman–Crippen LogP) is 19.2. The molecular weight excluding hydrogens is 1140 g/mol. The molecule has 0 radical (unpaired) electrons. The fraction of sp³-hybridized carbons (Fsp3) is 0.270. The first-order valence-electron chi connectivity index (χ1n) is 29.0. The van der Waals surface area contributed by atoms with Crippen molar-refractivity contribution in [1.29, 1.82) is 0 Å². The van der Waals surface area contributed by atoms with Crippen LogP contribution in [0.15, 0.2) is 194 Å². The maximum Gasteiger partial charge on any atom is 0.148 e. The molecule has 4 nitrogen and oxygen atoms in total. The Labute approximate surface area is 487 Å². The van der Waals surface area contributed by atoms with E-state index < -0.39 is 6.37 Å². The van der Waals surface area contributed by atoms with E-state index in [0.29, 0.717) is 17.0 Å². The monoisotopic (exact) mass is 1220 g/mol. The molecule has 0 atom stereocenters. The number of phenols is 1. The van der Waals surface area contributed by atoms with Gasteiger partial charge in [0.05, 0.1) is 22.3 Å². The molecule has 1 fully saturated rings. The summed E-state index contributed by atoms with van der Waals surface area (Å²) in [6.07, 6.45) is 4.25. The van der Waals surface area contributed by atoms with Crippen molar-refractivity contribution in [2.75, 3.05) is 0 Å². The van der Waals surface area contributed by atoms with E-state index in [9.17, 15) is 7.85 Å². The average Bonchev–Trinajstić information content (AvgIpc) is 3.37. The summed E-state index contributed by atoms with van der Waals surface area (Å²) in [6, 6.07) is 70.2. The Morgan fingerprint density at radius 1 is 0.532 bits per heavy atom. The minimum atomic E-state index is -1.51. The van der Waals surface area contributed by atoms with E-state index in [0.717, 1.165) is 104 Å². The number of rotatable bonds is 11. The van der Waals surface area contributed by atoms with E-state index in [2.05, 4.69) is 244 Å². The zero-order valence-electron chi connectivity index (χ0n) is 49.5. The quantitative estimate of drug-likeness (QED) is 0.104. The maximum absolute atomic E-state index is 12.7. The van der Waals surface area contributed by atoms with Crippen molar-refractivity contribution in [1.82, 2.24) is 14.5 Å². The number of para-hydroxylation sites is 1. The Hall–Kier alpha value is -7.13. The van der Waals surface area contributed by atoms with Crippen molar-refractivity contribution in [3.8, 4) is 67.5 Å². The van der Waals surface area contributed by atoms with Gasteiger partial charge in [0.15, 0.2) is 0 Å². The molecule has 2 heterocycles. The third-order valence-corrected chi connectivity index (χ3v) is 16.3. The molecule has 2 aromatic heterocycles. The van der Waals surface area contributed by atoms with Gasteiger partial charge in [-0.05, 0) is 110 Å². The maximum atomic E-state index is 12.7. The van der Waals surface area contributed by atoms with Crippen LogP contribution in [0.5, 0.6) is 5.75 Å². The number of fused-ring (bicyclic) bond motifs is 1. The molecule has 8 aromatic carbocycles. The smallest absolute Gasteiger partial charge is 0.148 e. The van der Waals surface area contributed by atoms with E-state index in [4.69, 9.17) is 9.97 Å². The van der Waals surface area contributed by atoms with E-state index in [1.165, 1.54) is 16.7 Å². The summed E-state index contributed by atoms with van der Waals surface area (Å²) < 4.78 is 21.4. The molecule has 0 saturated heterocycles. The number of hydrogen-bond acceptors (Lipinski definition) is 3. The number of phenolic OH excluding ortho intramolecular Hbond substituents is 1. The van der Waals surface area contributed by atoms with Gasteiger partial charge >= 0.3 is 0 Å². The molecule has 1 N–H and O–H groups in total. The van der Waals surface area contributed by atoms with Gasteiger partial charge in [0, 0.05) is 52.2 Å². The Bertz CT molecular complexity index is 3840. The van der Waals surface area contributed by atoms with E-state index in [-0.39, 0.29) is 54.4 Å². The van der Waals surface area contributed by atoms with Crippen molar-refractivity contribution >= 4 is 11.0 Å². The number of imidazole rings is 1. The largest absolute Gasteiger partial charge is 0.507 e. The van der Waals surface area contributed by atoms with Gasteiger partial charge in [-0.25, -0.2) is 4.98 Å². The molecule has 0 spiro atoms. The van der Waals surface area contributed by atoms with Crippen LogP contribution in [0.2, 0.25) is 0 Å². The Morgan fingerprint density at radius 2 is 1.13 bits per heavy atom. The van der Waals surface area contributed by atoms with Crippen molar-refractivity contribution in [2.24, 2.45) is 5.92 Å². The van der Waals surface area contributed by atoms with Crippen molar-refractivity contribution in [3.63, 3.8) is 0 Å². The zero-order chi connectivity index (χ0) is 56.4. The summed E-state index contributed by atoms with van der Waals surface area (Å²) in [4.78, 5) is 10.8. The minimum absolute atomic E-state index is 0. The third kappa shape index (κ3) is 11.0. The van der Waals surface area contributed by atoms with Crippen molar-refractivity contribution in [3.05, 3.63) is 239 Å². The number of pyridine rings is 1. The summed E-state index contributed by atoms with van der Waals surface area (Å²) in [5, 5.41) is 12.7. The SMILES string of the molecule is [2H]C([2H])(c1ccc(-n2c(-c3cc(C(C)(C)C)cc(C(C)(C)C)c3O)nc3c(-c4[c-]c(-c5cc(-c6ccc(C(C)(c7ccccc7)c7ccccc7)cc6)ccn5)cc(C(C)(C)C)c4)cccc32)c(-c2ccccc2)c1)C1CCCC1.[Pt]. The molecule has 0 amide bonds. The van der Waals surface area contributed by atoms with Gasteiger partial charge in [0.1, 0.15) is 11.6 Å². The molecule has 0 bridgehead atoms. The Balaban J connectivity index is 0.00000736. The number of nitrogens with zero attached hydrogens (tertiary/aromatic N) is 3. The second-order valence-electron chi connectivity index (χ2n) is 24.9. The van der Waals surface area contributed by atoms with Crippen LogP contribution in [-0.4, -0.2) is 19.6 Å². The molecule has 5 heteroatoms. The van der Waals surface area contributed by atoms with Crippen LogP contribution in [0.4, 0.5) is 0 Å². The molecule has 1 aliphatic rings. The first-order valence-corrected chi connectivity index (χ1v) is 28.0. The predicted molar refractivity (Wildman–Crippen MR) is 327 cm³/mol. The second-order valence-corrected chi connectivity index (χ2v) is 24.9. The fourth-order valence-corrected chi connectivity index (χ4v) is 11.6. The number of hydrogen-bond donors (Lipinski definition) is 1. The normalized spacial score (nSPS) is 14.0. The Kier molecular flexibility index (Phi) is 14.5. The molecule has 0 unspecified atom stereocenters. The molecule has 1 aliphatic carbocycles. The Morgan fingerprint density at radius 3 is 1.75 bits per heavy atom. The van der Waals surface area contributed by atoms with Crippen LogP contribution in [0.25, 0.3) is 72.7 Å². The summed E-state index contributed by atoms with van der Waals surface area (Å²) in [6.45, 7) is 22.1. The molecular formula is C74H74N3OPt-. The molecule has 402 valence electrons. The summed E-state index contributed by atoms with van der Waals surface area (Å²) in [5.74, 6) is 0.754. The number of aromatic nitrogens is 3. The van der Waals surface area contributed by atoms with Gasteiger partial charge in [-0.2, -0.15) is 0 Å². The van der Waals surface area contributed by atoms with Gasteiger partial charge in [0.25, 0.3) is 0 Å². The molecule has 11 rings (SSSR count). The van der Waals surface area contributed by atoms with Crippen molar-refractivity contribution < 1.29 is 28.9 Å². The minimum Gasteiger partial charge on any atom is -0.507 e. The summed E-state index contributed by atoms with van der Waals surface area (Å²) >= 11 is 0. The molecule has 0 aliphatic heterocycles. The van der Waals surface area contributed by atoms with Crippen LogP contribution in [0, 0.1) is 12.0 Å². The standard InChI is InChI=1S/C74H74N3O.Pt/c1-71(2,3)59-44-54(43-55(45-59)65-46-53(39-40-75-65)51-34-36-58(37-35-51)74(10,56-27-16-12-17-28-56)57-29-18-13-19-30-57)61-31-22-32-67-68(61)76-70(63-47-60(72(4,5)6)48-64(69(63)78)73(7,8)9)77(67)66-38-33-50(41-49-23-20-21-24-49)42-62(66)52-25-14-11-15-26-52;/h11-19,22,25-40,42,44-49,78H,20-21,23-24,41H2,1-10H3;/q-1;/i41D2;. The van der Waals surface area contributed by atoms with E-state index >= 15 is 0 Å². The molecule has 79 heavy (non-hydrogen) atoms. The number of aromatic hydroxyl groups is 1. The van der Waals surface area contributed by atoms with Crippen LogP contribution in [-0.2, 0) is 49.1 Å². The van der Waals surface area contributed by atoms with Crippen molar-refractivity contribution in [2.45, 2.75) is 123 Å². The summed E-state index contributed by atoms with van der Waals surface area (Å²) in [7, 11) is 0.